The molecule has 128 valence electrons. The number of amides is 2. The topological polar surface area (TPSA) is 69.6 Å². The second-order valence-corrected chi connectivity index (χ2v) is 6.62. The Morgan fingerprint density at radius 2 is 2.00 bits per heavy atom. The summed E-state index contributed by atoms with van der Waals surface area (Å²) in [6.45, 7) is 0.693. The summed E-state index contributed by atoms with van der Waals surface area (Å²) in [5, 5.41) is 13.2. The monoisotopic (exact) mass is 336 g/mol. The lowest BCUT2D eigenvalue weighted by Gasteiger charge is -2.19. The fourth-order valence-electron chi connectivity index (χ4n) is 3.71. The largest absolute Gasteiger partial charge is 0.390 e. The number of fused-ring (bicyclic) bond motifs is 1. The SMILES string of the molecule is O=C(NC1c2ccccc2CC1O)c1cccc(N2CCCC2=O)c1. The van der Waals surface area contributed by atoms with Crippen LogP contribution in [0.15, 0.2) is 48.5 Å². The molecule has 25 heavy (non-hydrogen) atoms. The summed E-state index contributed by atoms with van der Waals surface area (Å²) in [5.41, 5.74) is 3.28. The quantitative estimate of drug-likeness (QED) is 0.903. The van der Waals surface area contributed by atoms with Crippen LogP contribution in [0.4, 0.5) is 5.69 Å². The Labute approximate surface area is 146 Å². The van der Waals surface area contributed by atoms with Crippen molar-refractivity contribution in [1.29, 1.82) is 0 Å². The number of carbonyl (C=O) groups excluding carboxylic acids is 2. The van der Waals surface area contributed by atoms with Crippen LogP contribution in [0, 0.1) is 0 Å². The van der Waals surface area contributed by atoms with Crippen molar-refractivity contribution in [1.82, 2.24) is 5.32 Å². The molecule has 2 atom stereocenters. The molecule has 4 rings (SSSR count). The number of hydrogen-bond donors (Lipinski definition) is 2. The highest BCUT2D eigenvalue weighted by molar-refractivity contribution is 5.99. The second-order valence-electron chi connectivity index (χ2n) is 6.62. The summed E-state index contributed by atoms with van der Waals surface area (Å²) < 4.78 is 0. The molecule has 1 aliphatic heterocycles. The molecule has 0 saturated carbocycles. The van der Waals surface area contributed by atoms with Crippen LogP contribution in [0.5, 0.6) is 0 Å². The van der Waals surface area contributed by atoms with Gasteiger partial charge < -0.3 is 15.3 Å². The summed E-state index contributed by atoms with van der Waals surface area (Å²) >= 11 is 0. The van der Waals surface area contributed by atoms with Crippen molar-refractivity contribution in [2.45, 2.75) is 31.4 Å². The van der Waals surface area contributed by atoms with Crippen LogP contribution in [-0.2, 0) is 11.2 Å². The van der Waals surface area contributed by atoms with Gasteiger partial charge in [0.15, 0.2) is 0 Å². The van der Waals surface area contributed by atoms with Gasteiger partial charge in [-0.1, -0.05) is 30.3 Å². The summed E-state index contributed by atoms with van der Waals surface area (Å²) in [6, 6.07) is 14.5. The minimum atomic E-state index is -0.621. The highest BCUT2D eigenvalue weighted by Crippen LogP contribution is 2.31. The van der Waals surface area contributed by atoms with Crippen molar-refractivity contribution in [3.63, 3.8) is 0 Å². The summed E-state index contributed by atoms with van der Waals surface area (Å²) in [5.74, 6) is -0.146. The molecule has 5 nitrogen and oxygen atoms in total. The number of nitrogens with one attached hydrogen (secondary N) is 1. The number of anilines is 1. The van der Waals surface area contributed by atoms with Gasteiger partial charge in [0.1, 0.15) is 0 Å². The predicted octanol–water partition coefficient (Wildman–Crippen LogP) is 2.20. The molecule has 2 aliphatic rings. The highest BCUT2D eigenvalue weighted by Gasteiger charge is 2.32. The van der Waals surface area contributed by atoms with E-state index in [2.05, 4.69) is 5.32 Å². The second kappa shape index (κ2) is 6.33. The standard InChI is InChI=1S/C20H20N2O3/c23-17-12-13-5-1-2-8-16(13)19(17)21-20(25)14-6-3-7-15(11-14)22-10-4-9-18(22)24/h1-3,5-8,11,17,19,23H,4,9-10,12H2,(H,21,25). The molecular formula is C20H20N2O3. The van der Waals surface area contributed by atoms with Crippen LogP contribution in [0.1, 0.15) is 40.4 Å². The molecule has 2 amide bonds. The molecule has 2 unspecified atom stereocenters. The summed E-state index contributed by atoms with van der Waals surface area (Å²) in [4.78, 5) is 26.3. The van der Waals surface area contributed by atoms with E-state index in [9.17, 15) is 14.7 Å². The molecule has 0 spiro atoms. The number of hydrogen-bond acceptors (Lipinski definition) is 3. The third-order valence-electron chi connectivity index (χ3n) is 4.98. The molecule has 0 aromatic heterocycles. The predicted molar refractivity (Wildman–Crippen MR) is 94.4 cm³/mol. The molecule has 1 heterocycles. The number of aliphatic hydroxyl groups excluding tert-OH is 1. The molecule has 0 bridgehead atoms. The Bertz CT molecular complexity index is 833. The van der Waals surface area contributed by atoms with E-state index in [4.69, 9.17) is 0 Å². The van der Waals surface area contributed by atoms with Gasteiger partial charge in [-0.05, 0) is 35.7 Å². The molecule has 0 radical (unpaired) electrons. The van der Waals surface area contributed by atoms with E-state index in [0.717, 1.165) is 23.2 Å². The zero-order valence-electron chi connectivity index (χ0n) is 13.8. The first-order valence-electron chi connectivity index (χ1n) is 8.60. The van der Waals surface area contributed by atoms with E-state index in [-0.39, 0.29) is 11.8 Å². The molecular weight excluding hydrogens is 316 g/mol. The Balaban J connectivity index is 1.55. The Morgan fingerprint density at radius 3 is 2.80 bits per heavy atom. The van der Waals surface area contributed by atoms with E-state index in [0.29, 0.717) is 24.9 Å². The van der Waals surface area contributed by atoms with Crippen LogP contribution < -0.4 is 10.2 Å². The minimum absolute atomic E-state index is 0.0951. The van der Waals surface area contributed by atoms with Gasteiger partial charge in [-0.2, -0.15) is 0 Å². The average Bonchev–Trinajstić information content (AvgIpc) is 3.18. The van der Waals surface area contributed by atoms with Crippen molar-refractivity contribution in [3.8, 4) is 0 Å². The zero-order valence-corrected chi connectivity index (χ0v) is 13.8. The Kier molecular flexibility index (Phi) is 4.01. The van der Waals surface area contributed by atoms with Crippen LogP contribution in [0.2, 0.25) is 0 Å². The van der Waals surface area contributed by atoms with Crippen LogP contribution in [0.25, 0.3) is 0 Å². The van der Waals surface area contributed by atoms with E-state index in [1.807, 2.05) is 30.3 Å². The fourth-order valence-corrected chi connectivity index (χ4v) is 3.71. The zero-order chi connectivity index (χ0) is 17.4. The summed E-state index contributed by atoms with van der Waals surface area (Å²) in [7, 11) is 0. The maximum absolute atomic E-state index is 12.7. The third kappa shape index (κ3) is 2.91. The Morgan fingerprint density at radius 1 is 1.16 bits per heavy atom. The molecule has 1 fully saturated rings. The average molecular weight is 336 g/mol. The minimum Gasteiger partial charge on any atom is -0.390 e. The number of benzene rings is 2. The van der Waals surface area contributed by atoms with Crippen molar-refractivity contribution < 1.29 is 14.7 Å². The lowest BCUT2D eigenvalue weighted by Crippen LogP contribution is -2.34. The van der Waals surface area contributed by atoms with E-state index < -0.39 is 12.1 Å². The van der Waals surface area contributed by atoms with Crippen molar-refractivity contribution in [2.24, 2.45) is 0 Å². The number of carbonyl (C=O) groups is 2. The first-order chi connectivity index (χ1) is 12.1. The Hall–Kier alpha value is -2.66. The van der Waals surface area contributed by atoms with E-state index in [1.54, 1.807) is 23.1 Å². The van der Waals surface area contributed by atoms with Crippen molar-refractivity contribution in [3.05, 3.63) is 65.2 Å². The normalized spacial score (nSPS) is 22.1. The molecule has 1 aliphatic carbocycles. The third-order valence-corrected chi connectivity index (χ3v) is 4.98. The first kappa shape index (κ1) is 15.8. The number of aliphatic hydroxyl groups is 1. The van der Waals surface area contributed by atoms with Crippen LogP contribution in [0.3, 0.4) is 0 Å². The van der Waals surface area contributed by atoms with E-state index in [1.165, 1.54) is 0 Å². The van der Waals surface area contributed by atoms with Gasteiger partial charge in [-0.15, -0.1) is 0 Å². The van der Waals surface area contributed by atoms with Crippen molar-refractivity contribution in [2.75, 3.05) is 11.4 Å². The maximum Gasteiger partial charge on any atom is 0.251 e. The fraction of sp³-hybridized carbons (Fsp3) is 0.300. The van der Waals surface area contributed by atoms with Crippen molar-refractivity contribution >= 4 is 17.5 Å². The van der Waals surface area contributed by atoms with Gasteiger partial charge in [0, 0.05) is 30.6 Å². The van der Waals surface area contributed by atoms with Gasteiger partial charge in [0.05, 0.1) is 12.1 Å². The molecule has 2 N–H and O–H groups in total. The first-order valence-corrected chi connectivity index (χ1v) is 8.60. The molecule has 5 heteroatoms. The lowest BCUT2D eigenvalue weighted by atomic mass is 10.1. The van der Waals surface area contributed by atoms with Gasteiger partial charge in [0.25, 0.3) is 5.91 Å². The van der Waals surface area contributed by atoms with Gasteiger partial charge in [-0.3, -0.25) is 9.59 Å². The lowest BCUT2D eigenvalue weighted by molar-refractivity contribution is -0.117. The van der Waals surface area contributed by atoms with Gasteiger partial charge in [-0.25, -0.2) is 0 Å². The number of nitrogens with zero attached hydrogens (tertiary/aromatic N) is 1. The maximum atomic E-state index is 12.7. The van der Waals surface area contributed by atoms with E-state index >= 15 is 0 Å². The van der Waals surface area contributed by atoms with Gasteiger partial charge in [0.2, 0.25) is 5.91 Å². The molecule has 2 aromatic rings. The summed E-state index contributed by atoms with van der Waals surface area (Å²) in [6.07, 6.45) is 1.33. The van der Waals surface area contributed by atoms with Gasteiger partial charge >= 0.3 is 0 Å². The smallest absolute Gasteiger partial charge is 0.251 e. The number of rotatable bonds is 3. The van der Waals surface area contributed by atoms with Crippen LogP contribution >= 0.6 is 0 Å². The molecule has 2 aromatic carbocycles. The highest BCUT2D eigenvalue weighted by atomic mass is 16.3. The van der Waals surface area contributed by atoms with Crippen LogP contribution in [-0.4, -0.2) is 29.6 Å². The molecule has 1 saturated heterocycles.